The second-order valence-corrected chi connectivity index (χ2v) is 2.89. The molecule has 0 fully saturated rings. The van der Waals surface area contributed by atoms with Crippen LogP contribution in [0.5, 0.6) is 0 Å². The molecule has 1 unspecified atom stereocenters. The maximum atomic E-state index is 10.9. The predicted octanol–water partition coefficient (Wildman–Crippen LogP) is 0.913. The molecule has 0 aromatic carbocycles. The molecular formula is C9H14O7. The topological polar surface area (TPSA) is 99.1 Å². The van der Waals surface area contributed by atoms with Crippen molar-refractivity contribution < 1.29 is 33.7 Å². The summed E-state index contributed by atoms with van der Waals surface area (Å²) in [6.45, 7) is 2.48. The van der Waals surface area contributed by atoms with Gasteiger partial charge in [-0.25, -0.2) is 4.79 Å². The lowest BCUT2D eigenvalue weighted by molar-refractivity contribution is -0.165. The van der Waals surface area contributed by atoms with Crippen molar-refractivity contribution in [2.45, 2.75) is 33.0 Å². The summed E-state index contributed by atoms with van der Waals surface area (Å²) in [5.41, 5.74) is 0. The second kappa shape index (κ2) is 7.49. The van der Waals surface area contributed by atoms with Gasteiger partial charge < -0.3 is 19.3 Å². The Morgan fingerprint density at radius 3 is 2.38 bits per heavy atom. The summed E-state index contributed by atoms with van der Waals surface area (Å²) in [6, 6.07) is 0. The first-order valence-electron chi connectivity index (χ1n) is 4.64. The number of rotatable bonds is 6. The summed E-state index contributed by atoms with van der Waals surface area (Å²) < 4.78 is 13.6. The second-order valence-electron chi connectivity index (χ2n) is 2.89. The highest BCUT2D eigenvalue weighted by molar-refractivity contribution is 5.67. The van der Waals surface area contributed by atoms with Gasteiger partial charge in [-0.15, -0.1) is 0 Å². The maximum Gasteiger partial charge on any atom is 0.511 e. The first kappa shape index (κ1) is 14.2. The van der Waals surface area contributed by atoms with Crippen LogP contribution in [0.4, 0.5) is 4.79 Å². The van der Waals surface area contributed by atoms with E-state index in [0.29, 0.717) is 0 Å². The molecule has 1 N–H and O–H groups in total. The summed E-state index contributed by atoms with van der Waals surface area (Å²) in [5.74, 6) is -1.54. The highest BCUT2D eigenvalue weighted by Crippen LogP contribution is 1.98. The Morgan fingerprint density at radius 2 is 1.88 bits per heavy atom. The smallest absolute Gasteiger partial charge is 0.481 e. The molecule has 0 aliphatic carbocycles. The molecule has 7 heteroatoms. The summed E-state index contributed by atoms with van der Waals surface area (Å²) in [5, 5.41) is 8.29. The van der Waals surface area contributed by atoms with Gasteiger partial charge in [0.25, 0.3) is 0 Å². The minimum absolute atomic E-state index is 0.0576. The molecule has 0 spiro atoms. The van der Waals surface area contributed by atoms with Crippen molar-refractivity contribution in [3.05, 3.63) is 0 Å². The van der Waals surface area contributed by atoms with Crippen LogP contribution in [0.25, 0.3) is 0 Å². The van der Waals surface area contributed by atoms with Crippen LogP contribution in [-0.2, 0) is 23.8 Å². The van der Waals surface area contributed by atoms with Gasteiger partial charge in [0, 0.05) is 20.3 Å². The van der Waals surface area contributed by atoms with Gasteiger partial charge in [-0.1, -0.05) is 0 Å². The Balaban J connectivity index is 3.58. The molecule has 0 heterocycles. The molecule has 0 aromatic heterocycles. The van der Waals surface area contributed by atoms with Gasteiger partial charge in [0.15, 0.2) is 0 Å². The Labute approximate surface area is 92.3 Å². The first-order chi connectivity index (χ1) is 7.41. The molecule has 0 aliphatic rings. The predicted molar refractivity (Wildman–Crippen MR) is 50.5 cm³/mol. The van der Waals surface area contributed by atoms with Crippen LogP contribution in [0.1, 0.15) is 26.7 Å². The van der Waals surface area contributed by atoms with Crippen LogP contribution in [0.2, 0.25) is 0 Å². The average molecular weight is 234 g/mol. The zero-order chi connectivity index (χ0) is 12.6. The zero-order valence-electron chi connectivity index (χ0n) is 9.10. The minimum atomic E-state index is -1.02. The molecule has 0 saturated carbocycles. The van der Waals surface area contributed by atoms with Gasteiger partial charge in [-0.2, -0.15) is 0 Å². The summed E-state index contributed by atoms with van der Waals surface area (Å²) in [6.07, 6.45) is -1.91. The van der Waals surface area contributed by atoms with Crippen molar-refractivity contribution in [3.8, 4) is 0 Å². The van der Waals surface area contributed by atoms with Gasteiger partial charge in [0.2, 0.25) is 6.29 Å². The third-order valence-corrected chi connectivity index (χ3v) is 1.35. The highest BCUT2D eigenvalue weighted by atomic mass is 16.8. The molecule has 0 saturated heterocycles. The van der Waals surface area contributed by atoms with E-state index >= 15 is 0 Å². The molecule has 7 nitrogen and oxygen atoms in total. The van der Waals surface area contributed by atoms with Gasteiger partial charge in [-0.3, -0.25) is 9.59 Å². The molecule has 0 rings (SSSR count). The minimum Gasteiger partial charge on any atom is -0.481 e. The number of carboxylic acids is 1. The van der Waals surface area contributed by atoms with Crippen molar-refractivity contribution in [1.29, 1.82) is 0 Å². The van der Waals surface area contributed by atoms with Crippen LogP contribution < -0.4 is 0 Å². The number of ether oxygens (including phenoxy) is 3. The van der Waals surface area contributed by atoms with E-state index in [1.165, 1.54) is 13.8 Å². The third-order valence-electron chi connectivity index (χ3n) is 1.35. The van der Waals surface area contributed by atoms with Crippen LogP contribution in [0.15, 0.2) is 0 Å². The van der Waals surface area contributed by atoms with Crippen molar-refractivity contribution in [1.82, 2.24) is 0 Å². The maximum absolute atomic E-state index is 10.9. The number of hydrogen-bond donors (Lipinski definition) is 1. The first-order valence-corrected chi connectivity index (χ1v) is 4.64. The zero-order valence-corrected chi connectivity index (χ0v) is 9.10. The Bertz CT molecular complexity index is 261. The molecule has 92 valence electrons. The van der Waals surface area contributed by atoms with Crippen LogP contribution in [0.3, 0.4) is 0 Å². The highest BCUT2D eigenvalue weighted by Gasteiger charge is 2.12. The van der Waals surface area contributed by atoms with Gasteiger partial charge in [0.1, 0.15) is 0 Å². The van der Waals surface area contributed by atoms with E-state index < -0.39 is 24.4 Å². The molecule has 0 bridgehead atoms. The molecule has 0 amide bonds. The van der Waals surface area contributed by atoms with E-state index in [0.717, 1.165) is 0 Å². The lowest BCUT2D eigenvalue weighted by atomic mass is 10.3. The molecule has 1 atom stereocenters. The van der Waals surface area contributed by atoms with Crippen molar-refractivity contribution in [2.24, 2.45) is 0 Å². The summed E-state index contributed by atoms with van der Waals surface area (Å²) in [4.78, 5) is 31.5. The number of esters is 1. The Morgan fingerprint density at radius 1 is 1.25 bits per heavy atom. The average Bonchev–Trinajstić information content (AvgIpc) is 2.10. The summed E-state index contributed by atoms with van der Waals surface area (Å²) >= 11 is 0. The van der Waals surface area contributed by atoms with Gasteiger partial charge in [0.05, 0.1) is 6.61 Å². The number of carbonyl (C=O) groups excluding carboxylic acids is 2. The quantitative estimate of drug-likeness (QED) is 0.414. The van der Waals surface area contributed by atoms with E-state index in [4.69, 9.17) is 5.11 Å². The van der Waals surface area contributed by atoms with E-state index in [1.54, 1.807) is 0 Å². The lowest BCUT2D eigenvalue weighted by Gasteiger charge is -2.12. The molecule has 0 radical (unpaired) electrons. The fourth-order valence-electron chi connectivity index (χ4n) is 0.806. The van der Waals surface area contributed by atoms with E-state index in [9.17, 15) is 14.4 Å². The van der Waals surface area contributed by atoms with E-state index in [-0.39, 0.29) is 19.4 Å². The summed E-state index contributed by atoms with van der Waals surface area (Å²) in [7, 11) is 0. The molecule has 0 aromatic rings. The van der Waals surface area contributed by atoms with Crippen molar-refractivity contribution >= 4 is 18.1 Å². The lowest BCUT2D eigenvalue weighted by Crippen LogP contribution is -2.21. The number of carboxylic acid groups (broad SMARTS) is 1. The molecule has 16 heavy (non-hydrogen) atoms. The van der Waals surface area contributed by atoms with Crippen molar-refractivity contribution in [2.75, 3.05) is 6.61 Å². The monoisotopic (exact) mass is 234 g/mol. The Kier molecular flexibility index (Phi) is 6.66. The number of carbonyl (C=O) groups is 3. The molecule has 0 aliphatic heterocycles. The van der Waals surface area contributed by atoms with Crippen LogP contribution >= 0.6 is 0 Å². The number of aliphatic carboxylic acids is 1. The Hall–Kier alpha value is -1.79. The van der Waals surface area contributed by atoms with Crippen molar-refractivity contribution in [3.63, 3.8) is 0 Å². The fourth-order valence-corrected chi connectivity index (χ4v) is 0.806. The van der Waals surface area contributed by atoms with Gasteiger partial charge >= 0.3 is 18.1 Å². The largest absolute Gasteiger partial charge is 0.511 e. The third kappa shape index (κ3) is 8.79. The number of hydrogen-bond acceptors (Lipinski definition) is 6. The fraction of sp³-hybridized carbons (Fsp3) is 0.667. The van der Waals surface area contributed by atoms with E-state index in [1.807, 2.05) is 0 Å². The van der Waals surface area contributed by atoms with Gasteiger partial charge in [-0.05, 0) is 6.42 Å². The van der Waals surface area contributed by atoms with Crippen LogP contribution in [0, 0.1) is 0 Å². The van der Waals surface area contributed by atoms with Crippen LogP contribution in [-0.4, -0.2) is 36.1 Å². The normalized spacial score (nSPS) is 11.4. The van der Waals surface area contributed by atoms with E-state index in [2.05, 4.69) is 14.2 Å². The standard InChI is InChI=1S/C9H14O7/c1-6(10)15-7(2)16-9(13)14-5-3-4-8(11)12/h7H,3-5H2,1-2H3,(H,11,12). The SMILES string of the molecule is CC(=O)OC(C)OC(=O)OCCCC(=O)O. The molecular weight excluding hydrogens is 220 g/mol.